The highest BCUT2D eigenvalue weighted by atomic mass is 19.1. The van der Waals surface area contributed by atoms with Gasteiger partial charge in [0.25, 0.3) is 0 Å². The monoisotopic (exact) mass is 248 g/mol. The summed E-state index contributed by atoms with van der Waals surface area (Å²) in [5.74, 6) is -1.74. The van der Waals surface area contributed by atoms with Crippen LogP contribution in [0.2, 0.25) is 0 Å². The van der Waals surface area contributed by atoms with E-state index in [2.05, 4.69) is 0 Å². The zero-order valence-corrected chi connectivity index (χ0v) is 9.40. The Morgan fingerprint density at radius 3 is 2.50 bits per heavy atom. The van der Waals surface area contributed by atoms with Gasteiger partial charge in [-0.1, -0.05) is 18.2 Å². The van der Waals surface area contributed by atoms with Gasteiger partial charge in [0.15, 0.2) is 0 Å². The Kier molecular flexibility index (Phi) is 3.67. The Morgan fingerprint density at radius 2 is 1.78 bits per heavy atom. The fourth-order valence-corrected chi connectivity index (χ4v) is 1.45. The fourth-order valence-electron chi connectivity index (χ4n) is 1.45. The van der Waals surface area contributed by atoms with Crippen LogP contribution in [-0.4, -0.2) is 5.97 Å². The third-order valence-corrected chi connectivity index (χ3v) is 2.38. The molecule has 0 saturated carbocycles. The SMILES string of the molecule is O=C(OCc1cc(F)ccc1F)c1ccccc1. The van der Waals surface area contributed by atoms with Crippen molar-refractivity contribution in [2.75, 3.05) is 0 Å². The molecule has 0 aliphatic heterocycles. The predicted molar refractivity (Wildman–Crippen MR) is 61.9 cm³/mol. The minimum absolute atomic E-state index is 0.0132. The first kappa shape index (κ1) is 12.2. The summed E-state index contributed by atoms with van der Waals surface area (Å²) in [6.07, 6.45) is 0. The van der Waals surface area contributed by atoms with Gasteiger partial charge < -0.3 is 4.74 Å². The number of carbonyl (C=O) groups is 1. The van der Waals surface area contributed by atoms with Crippen molar-refractivity contribution in [2.45, 2.75) is 6.61 Å². The number of carbonyl (C=O) groups excluding carboxylic acids is 1. The van der Waals surface area contributed by atoms with E-state index in [0.717, 1.165) is 18.2 Å². The van der Waals surface area contributed by atoms with Crippen LogP contribution in [0, 0.1) is 11.6 Å². The molecule has 2 rings (SSSR count). The molecule has 0 bridgehead atoms. The first-order valence-electron chi connectivity index (χ1n) is 5.33. The molecule has 0 amide bonds. The molecular weight excluding hydrogens is 238 g/mol. The van der Waals surface area contributed by atoms with Crippen molar-refractivity contribution >= 4 is 5.97 Å². The summed E-state index contributed by atoms with van der Waals surface area (Å²) in [6.45, 7) is -0.294. The van der Waals surface area contributed by atoms with Crippen LogP contribution >= 0.6 is 0 Å². The number of hydrogen-bond acceptors (Lipinski definition) is 2. The van der Waals surface area contributed by atoms with Crippen molar-refractivity contribution in [1.29, 1.82) is 0 Å². The molecule has 2 nitrogen and oxygen atoms in total. The van der Waals surface area contributed by atoms with Gasteiger partial charge >= 0.3 is 5.97 Å². The highest BCUT2D eigenvalue weighted by Gasteiger charge is 2.09. The molecule has 4 heteroatoms. The summed E-state index contributed by atoms with van der Waals surface area (Å²) in [5, 5.41) is 0. The van der Waals surface area contributed by atoms with Crippen molar-refractivity contribution < 1.29 is 18.3 Å². The standard InChI is InChI=1S/C14H10F2O2/c15-12-6-7-13(16)11(8-12)9-18-14(17)10-4-2-1-3-5-10/h1-8H,9H2. The maximum absolute atomic E-state index is 13.3. The van der Waals surface area contributed by atoms with E-state index in [0.29, 0.717) is 5.56 Å². The molecule has 0 fully saturated rings. The number of halogens is 2. The van der Waals surface area contributed by atoms with Crippen molar-refractivity contribution in [3.8, 4) is 0 Å². The number of hydrogen-bond donors (Lipinski definition) is 0. The second-order valence-electron chi connectivity index (χ2n) is 3.68. The Bertz CT molecular complexity index is 553. The lowest BCUT2D eigenvalue weighted by molar-refractivity contribution is 0.0468. The molecule has 0 heterocycles. The van der Waals surface area contributed by atoms with Gasteiger partial charge in [-0.3, -0.25) is 0 Å². The van der Waals surface area contributed by atoms with Gasteiger partial charge in [-0.25, -0.2) is 13.6 Å². The van der Waals surface area contributed by atoms with E-state index in [-0.39, 0.29) is 12.2 Å². The summed E-state index contributed by atoms with van der Waals surface area (Å²) >= 11 is 0. The van der Waals surface area contributed by atoms with Gasteiger partial charge in [-0.15, -0.1) is 0 Å². The number of benzene rings is 2. The molecule has 0 saturated heterocycles. The van der Waals surface area contributed by atoms with Crippen molar-refractivity contribution in [3.63, 3.8) is 0 Å². The molecule has 0 N–H and O–H groups in total. The quantitative estimate of drug-likeness (QED) is 0.779. The molecule has 0 spiro atoms. The van der Waals surface area contributed by atoms with E-state index >= 15 is 0 Å². The Morgan fingerprint density at radius 1 is 1.06 bits per heavy atom. The van der Waals surface area contributed by atoms with E-state index in [1.807, 2.05) is 0 Å². The summed E-state index contributed by atoms with van der Waals surface area (Å²) in [6, 6.07) is 11.3. The Labute approximate surface area is 103 Å². The number of rotatable bonds is 3. The van der Waals surface area contributed by atoms with Crippen LogP contribution in [0.3, 0.4) is 0 Å². The zero-order chi connectivity index (χ0) is 13.0. The fraction of sp³-hybridized carbons (Fsp3) is 0.0714. The first-order chi connectivity index (χ1) is 8.66. The minimum atomic E-state index is -0.600. The highest BCUT2D eigenvalue weighted by Crippen LogP contribution is 2.12. The summed E-state index contributed by atoms with van der Waals surface area (Å²) in [4.78, 5) is 11.6. The van der Waals surface area contributed by atoms with Crippen molar-refractivity contribution in [1.82, 2.24) is 0 Å². The van der Waals surface area contributed by atoms with Gasteiger partial charge in [0.1, 0.15) is 18.2 Å². The van der Waals surface area contributed by atoms with Crippen LogP contribution in [-0.2, 0) is 11.3 Å². The van der Waals surface area contributed by atoms with Gasteiger partial charge in [0, 0.05) is 5.56 Å². The highest BCUT2D eigenvalue weighted by molar-refractivity contribution is 5.89. The van der Waals surface area contributed by atoms with Gasteiger partial charge in [-0.2, -0.15) is 0 Å². The first-order valence-corrected chi connectivity index (χ1v) is 5.33. The summed E-state index contributed by atoms with van der Waals surface area (Å²) in [5.41, 5.74) is 0.383. The van der Waals surface area contributed by atoms with E-state index < -0.39 is 17.6 Å². The van der Waals surface area contributed by atoms with E-state index in [4.69, 9.17) is 4.74 Å². The zero-order valence-electron chi connectivity index (χ0n) is 9.40. The lowest BCUT2D eigenvalue weighted by Crippen LogP contribution is -2.06. The predicted octanol–water partition coefficient (Wildman–Crippen LogP) is 3.32. The third kappa shape index (κ3) is 2.91. The van der Waals surface area contributed by atoms with Gasteiger partial charge in [0.05, 0.1) is 5.56 Å². The van der Waals surface area contributed by atoms with Crippen LogP contribution < -0.4 is 0 Å². The average Bonchev–Trinajstić information content (AvgIpc) is 2.40. The maximum atomic E-state index is 13.3. The average molecular weight is 248 g/mol. The number of esters is 1. The Balaban J connectivity index is 2.04. The Hall–Kier alpha value is -2.23. The lowest BCUT2D eigenvalue weighted by Gasteiger charge is -2.06. The molecule has 0 aliphatic carbocycles. The number of ether oxygens (including phenoxy) is 1. The van der Waals surface area contributed by atoms with Crippen LogP contribution in [0.25, 0.3) is 0 Å². The molecule has 0 radical (unpaired) electrons. The second kappa shape index (κ2) is 5.40. The molecule has 0 aliphatic rings. The van der Waals surface area contributed by atoms with Crippen LogP contribution in [0.1, 0.15) is 15.9 Å². The third-order valence-electron chi connectivity index (χ3n) is 2.38. The topological polar surface area (TPSA) is 26.3 Å². The molecule has 0 atom stereocenters. The molecule has 92 valence electrons. The molecule has 0 aromatic heterocycles. The smallest absolute Gasteiger partial charge is 0.338 e. The van der Waals surface area contributed by atoms with Gasteiger partial charge in [-0.05, 0) is 30.3 Å². The van der Waals surface area contributed by atoms with Gasteiger partial charge in [0.2, 0.25) is 0 Å². The molecule has 2 aromatic carbocycles. The van der Waals surface area contributed by atoms with Crippen molar-refractivity contribution in [2.24, 2.45) is 0 Å². The molecule has 0 unspecified atom stereocenters. The van der Waals surface area contributed by atoms with E-state index in [1.165, 1.54) is 0 Å². The summed E-state index contributed by atoms with van der Waals surface area (Å²) in [7, 11) is 0. The van der Waals surface area contributed by atoms with Crippen LogP contribution in [0.15, 0.2) is 48.5 Å². The van der Waals surface area contributed by atoms with Crippen molar-refractivity contribution in [3.05, 3.63) is 71.3 Å². The van der Waals surface area contributed by atoms with Crippen LogP contribution in [0.5, 0.6) is 0 Å². The minimum Gasteiger partial charge on any atom is -0.457 e. The molecule has 2 aromatic rings. The maximum Gasteiger partial charge on any atom is 0.338 e. The normalized spacial score (nSPS) is 10.1. The lowest BCUT2D eigenvalue weighted by atomic mass is 10.2. The summed E-state index contributed by atoms with van der Waals surface area (Å²) < 4.78 is 31.1. The second-order valence-corrected chi connectivity index (χ2v) is 3.68. The largest absolute Gasteiger partial charge is 0.457 e. The van der Waals surface area contributed by atoms with E-state index in [9.17, 15) is 13.6 Å². The van der Waals surface area contributed by atoms with Crippen LogP contribution in [0.4, 0.5) is 8.78 Å². The molecule has 18 heavy (non-hydrogen) atoms. The molecular formula is C14H10F2O2. The van der Waals surface area contributed by atoms with E-state index in [1.54, 1.807) is 30.3 Å².